The van der Waals surface area contributed by atoms with Crippen LogP contribution in [-0.2, 0) is 0 Å². The zero-order chi connectivity index (χ0) is 15.6. The number of likely N-dealkylation sites (tertiary alicyclic amines) is 1. The standard InChI is InChI=1S/C16H24FN3O/c1-11-13(17)8-12(9-14(11)18)15(21)19-10-16(2)4-6-20(3)7-5-16/h8-9H,4-7,10,18H2,1-3H3,(H,19,21). The van der Waals surface area contributed by atoms with Crippen molar-refractivity contribution in [3.05, 3.63) is 29.1 Å². The Labute approximate surface area is 125 Å². The van der Waals surface area contributed by atoms with Crippen molar-refractivity contribution in [3.63, 3.8) is 0 Å². The van der Waals surface area contributed by atoms with Crippen molar-refractivity contribution in [1.29, 1.82) is 0 Å². The molecule has 0 radical (unpaired) electrons. The first kappa shape index (κ1) is 15.8. The Morgan fingerprint density at radius 3 is 2.62 bits per heavy atom. The molecule has 2 rings (SSSR count). The van der Waals surface area contributed by atoms with Crippen LogP contribution >= 0.6 is 0 Å². The van der Waals surface area contributed by atoms with Crippen molar-refractivity contribution < 1.29 is 9.18 Å². The number of nitrogen functional groups attached to an aromatic ring is 1. The zero-order valence-corrected chi connectivity index (χ0v) is 13.0. The molecular formula is C16H24FN3O. The predicted octanol–water partition coefficient (Wildman–Crippen LogP) is 2.18. The monoisotopic (exact) mass is 293 g/mol. The molecule has 1 heterocycles. The number of rotatable bonds is 3. The lowest BCUT2D eigenvalue weighted by molar-refractivity contribution is 0.0891. The Morgan fingerprint density at radius 1 is 1.43 bits per heavy atom. The number of halogens is 1. The lowest BCUT2D eigenvalue weighted by Gasteiger charge is -2.37. The normalized spacial score (nSPS) is 18.5. The number of nitrogens with one attached hydrogen (secondary N) is 1. The number of piperidine rings is 1. The van der Waals surface area contributed by atoms with Gasteiger partial charge in [-0.2, -0.15) is 0 Å². The van der Waals surface area contributed by atoms with E-state index in [1.54, 1.807) is 6.92 Å². The van der Waals surface area contributed by atoms with Crippen LogP contribution in [0.2, 0.25) is 0 Å². The summed E-state index contributed by atoms with van der Waals surface area (Å²) >= 11 is 0. The van der Waals surface area contributed by atoms with Gasteiger partial charge < -0.3 is 16.0 Å². The summed E-state index contributed by atoms with van der Waals surface area (Å²) in [6.07, 6.45) is 2.10. The summed E-state index contributed by atoms with van der Waals surface area (Å²) in [6.45, 7) is 6.47. The molecule has 0 aromatic heterocycles. The van der Waals surface area contributed by atoms with Crippen molar-refractivity contribution in [2.75, 3.05) is 32.4 Å². The molecule has 1 aliphatic heterocycles. The van der Waals surface area contributed by atoms with Gasteiger partial charge in [0.15, 0.2) is 0 Å². The van der Waals surface area contributed by atoms with Gasteiger partial charge in [0.1, 0.15) is 5.82 Å². The average molecular weight is 293 g/mol. The summed E-state index contributed by atoms with van der Waals surface area (Å²) in [5, 5.41) is 2.92. The molecule has 1 saturated heterocycles. The Kier molecular flexibility index (Phi) is 4.52. The molecule has 3 N–H and O–H groups in total. The zero-order valence-electron chi connectivity index (χ0n) is 13.0. The smallest absolute Gasteiger partial charge is 0.251 e. The van der Waals surface area contributed by atoms with E-state index in [0.717, 1.165) is 25.9 Å². The van der Waals surface area contributed by atoms with Gasteiger partial charge >= 0.3 is 0 Å². The molecule has 1 amide bonds. The first-order valence-corrected chi connectivity index (χ1v) is 7.33. The van der Waals surface area contributed by atoms with Gasteiger partial charge in [-0.1, -0.05) is 6.92 Å². The van der Waals surface area contributed by atoms with Crippen molar-refractivity contribution >= 4 is 11.6 Å². The number of hydrogen-bond donors (Lipinski definition) is 2. The quantitative estimate of drug-likeness (QED) is 0.840. The highest BCUT2D eigenvalue weighted by Gasteiger charge is 2.29. The molecular weight excluding hydrogens is 269 g/mol. The second-order valence-corrected chi connectivity index (χ2v) is 6.47. The van der Waals surface area contributed by atoms with Crippen LogP contribution in [0, 0.1) is 18.2 Å². The fourth-order valence-electron chi connectivity index (χ4n) is 2.56. The molecule has 0 bridgehead atoms. The van der Waals surface area contributed by atoms with E-state index in [-0.39, 0.29) is 16.9 Å². The fraction of sp³-hybridized carbons (Fsp3) is 0.562. The fourth-order valence-corrected chi connectivity index (χ4v) is 2.56. The molecule has 1 aliphatic rings. The molecule has 0 spiro atoms. The minimum Gasteiger partial charge on any atom is -0.398 e. The van der Waals surface area contributed by atoms with Crippen molar-refractivity contribution in [2.24, 2.45) is 5.41 Å². The van der Waals surface area contributed by atoms with E-state index in [1.165, 1.54) is 12.1 Å². The molecule has 1 fully saturated rings. The number of amides is 1. The van der Waals surface area contributed by atoms with Gasteiger partial charge in [-0.25, -0.2) is 4.39 Å². The lowest BCUT2D eigenvalue weighted by atomic mass is 9.80. The molecule has 116 valence electrons. The number of carbonyl (C=O) groups is 1. The van der Waals surface area contributed by atoms with Crippen LogP contribution in [-0.4, -0.2) is 37.5 Å². The number of anilines is 1. The van der Waals surface area contributed by atoms with Gasteiger partial charge in [0.25, 0.3) is 5.91 Å². The Hall–Kier alpha value is -1.62. The lowest BCUT2D eigenvalue weighted by Crippen LogP contribution is -2.43. The molecule has 4 nitrogen and oxygen atoms in total. The van der Waals surface area contributed by atoms with Gasteiger partial charge in [0, 0.05) is 23.4 Å². The summed E-state index contributed by atoms with van der Waals surface area (Å²) in [5.74, 6) is -0.702. The summed E-state index contributed by atoms with van der Waals surface area (Å²) in [4.78, 5) is 14.5. The number of nitrogens with two attached hydrogens (primary N) is 1. The summed E-state index contributed by atoms with van der Waals surface area (Å²) in [6, 6.07) is 2.78. The third kappa shape index (κ3) is 3.73. The first-order chi connectivity index (χ1) is 9.81. The highest BCUT2D eigenvalue weighted by atomic mass is 19.1. The van der Waals surface area contributed by atoms with Crippen LogP contribution in [0.15, 0.2) is 12.1 Å². The van der Waals surface area contributed by atoms with Gasteiger partial charge in [-0.05, 0) is 57.5 Å². The maximum absolute atomic E-state index is 13.6. The average Bonchev–Trinajstić information content (AvgIpc) is 2.45. The van der Waals surface area contributed by atoms with Gasteiger partial charge in [0.05, 0.1) is 0 Å². The van der Waals surface area contributed by atoms with Crippen LogP contribution in [0.4, 0.5) is 10.1 Å². The number of benzene rings is 1. The van der Waals surface area contributed by atoms with Gasteiger partial charge in [0.2, 0.25) is 0 Å². The van der Waals surface area contributed by atoms with E-state index in [9.17, 15) is 9.18 Å². The predicted molar refractivity (Wildman–Crippen MR) is 82.7 cm³/mol. The Morgan fingerprint density at radius 2 is 2.05 bits per heavy atom. The second kappa shape index (κ2) is 6.02. The molecule has 0 aliphatic carbocycles. The number of nitrogens with zero attached hydrogens (tertiary/aromatic N) is 1. The molecule has 1 aromatic carbocycles. The van der Waals surface area contributed by atoms with E-state index in [4.69, 9.17) is 5.73 Å². The van der Waals surface area contributed by atoms with Gasteiger partial charge in [-0.3, -0.25) is 4.79 Å². The molecule has 5 heteroatoms. The van der Waals surface area contributed by atoms with Crippen LogP contribution in [0.3, 0.4) is 0 Å². The third-order valence-corrected chi connectivity index (χ3v) is 4.52. The molecule has 0 saturated carbocycles. The topological polar surface area (TPSA) is 58.4 Å². The Bertz CT molecular complexity index is 513. The SMILES string of the molecule is Cc1c(N)cc(C(=O)NCC2(C)CCN(C)CC2)cc1F. The number of hydrogen-bond acceptors (Lipinski definition) is 3. The third-order valence-electron chi connectivity index (χ3n) is 4.52. The van der Waals surface area contributed by atoms with E-state index in [1.807, 2.05) is 0 Å². The highest BCUT2D eigenvalue weighted by Crippen LogP contribution is 2.29. The molecule has 0 atom stereocenters. The van der Waals surface area contributed by atoms with Crippen LogP contribution in [0.1, 0.15) is 35.7 Å². The molecule has 21 heavy (non-hydrogen) atoms. The van der Waals surface area contributed by atoms with Crippen LogP contribution < -0.4 is 11.1 Å². The summed E-state index contributed by atoms with van der Waals surface area (Å²) < 4.78 is 13.6. The largest absolute Gasteiger partial charge is 0.398 e. The van der Waals surface area contributed by atoms with Crippen molar-refractivity contribution in [2.45, 2.75) is 26.7 Å². The van der Waals surface area contributed by atoms with Crippen LogP contribution in [0.5, 0.6) is 0 Å². The first-order valence-electron chi connectivity index (χ1n) is 7.33. The maximum atomic E-state index is 13.6. The van der Waals surface area contributed by atoms with E-state index in [0.29, 0.717) is 17.8 Å². The van der Waals surface area contributed by atoms with Crippen molar-refractivity contribution in [3.8, 4) is 0 Å². The minimum absolute atomic E-state index is 0.108. The maximum Gasteiger partial charge on any atom is 0.251 e. The summed E-state index contributed by atoms with van der Waals surface area (Å²) in [7, 11) is 2.11. The van der Waals surface area contributed by atoms with E-state index < -0.39 is 5.82 Å². The Balaban J connectivity index is 1.99. The highest BCUT2D eigenvalue weighted by molar-refractivity contribution is 5.95. The van der Waals surface area contributed by atoms with Crippen LogP contribution in [0.25, 0.3) is 0 Å². The molecule has 0 unspecified atom stereocenters. The molecule has 1 aromatic rings. The van der Waals surface area contributed by atoms with E-state index >= 15 is 0 Å². The van der Waals surface area contributed by atoms with Gasteiger partial charge in [-0.15, -0.1) is 0 Å². The number of carbonyl (C=O) groups excluding carboxylic acids is 1. The van der Waals surface area contributed by atoms with E-state index in [2.05, 4.69) is 24.2 Å². The summed E-state index contributed by atoms with van der Waals surface area (Å²) in [5.41, 5.74) is 6.80. The van der Waals surface area contributed by atoms with Crippen molar-refractivity contribution in [1.82, 2.24) is 10.2 Å². The minimum atomic E-state index is -0.439. The second-order valence-electron chi connectivity index (χ2n) is 6.47.